The highest BCUT2D eigenvalue weighted by Gasteiger charge is 2.24. The van der Waals surface area contributed by atoms with Crippen LogP contribution < -0.4 is 16.4 Å². The van der Waals surface area contributed by atoms with Crippen molar-refractivity contribution < 1.29 is 19.2 Å². The van der Waals surface area contributed by atoms with Crippen molar-refractivity contribution in [3.05, 3.63) is 0 Å². The van der Waals surface area contributed by atoms with E-state index in [4.69, 9.17) is 5.73 Å². The summed E-state index contributed by atoms with van der Waals surface area (Å²) in [5.74, 6) is -1.28. The lowest BCUT2D eigenvalue weighted by molar-refractivity contribution is -0.130. The normalized spacial score (nSPS) is 13.3. The average Bonchev–Trinajstić information content (AvgIpc) is 2.39. The van der Waals surface area contributed by atoms with Crippen LogP contribution in [0.25, 0.3) is 0 Å². The zero-order chi connectivity index (χ0) is 15.7. The number of rotatable bonds is 10. The first kappa shape index (κ1) is 18.2. The molecular formula is C13H23N3O4. The standard InChI is InChI=1S/C13H23N3O4/c1-4-9(18)5-6-10(8(2)17)16-13(20)11(15-3)7-12(14)19/h10-11,15H,4-7H2,1-3H3,(H2,14,19)(H,16,20). The average molecular weight is 285 g/mol. The maximum atomic E-state index is 11.9. The largest absolute Gasteiger partial charge is 0.370 e. The van der Waals surface area contributed by atoms with Gasteiger partial charge < -0.3 is 16.4 Å². The Morgan fingerprint density at radius 2 is 1.75 bits per heavy atom. The fourth-order valence-electron chi connectivity index (χ4n) is 1.66. The Morgan fingerprint density at radius 1 is 1.15 bits per heavy atom. The van der Waals surface area contributed by atoms with Crippen molar-refractivity contribution in [1.29, 1.82) is 0 Å². The first-order chi connectivity index (χ1) is 9.31. The van der Waals surface area contributed by atoms with Gasteiger partial charge in [0.15, 0.2) is 5.78 Å². The van der Waals surface area contributed by atoms with E-state index in [-0.39, 0.29) is 30.8 Å². The topological polar surface area (TPSA) is 118 Å². The molecule has 20 heavy (non-hydrogen) atoms. The van der Waals surface area contributed by atoms with E-state index in [9.17, 15) is 19.2 Å². The third kappa shape index (κ3) is 6.98. The molecule has 7 heteroatoms. The number of Topliss-reactive ketones (excluding diaryl/α,β-unsaturated/α-hetero) is 2. The van der Waals surface area contributed by atoms with Gasteiger partial charge >= 0.3 is 0 Å². The Kier molecular flexibility index (Phi) is 8.38. The van der Waals surface area contributed by atoms with Crippen LogP contribution in [0.3, 0.4) is 0 Å². The van der Waals surface area contributed by atoms with Crippen molar-refractivity contribution in [1.82, 2.24) is 10.6 Å². The molecule has 114 valence electrons. The molecule has 0 aromatic heterocycles. The first-order valence-corrected chi connectivity index (χ1v) is 6.59. The fourth-order valence-corrected chi connectivity index (χ4v) is 1.66. The molecule has 0 fully saturated rings. The smallest absolute Gasteiger partial charge is 0.238 e. The third-order valence-electron chi connectivity index (χ3n) is 2.98. The Labute approximate surface area is 118 Å². The van der Waals surface area contributed by atoms with Gasteiger partial charge in [0.2, 0.25) is 11.8 Å². The second-order valence-corrected chi connectivity index (χ2v) is 4.61. The van der Waals surface area contributed by atoms with Crippen LogP contribution in [0, 0.1) is 0 Å². The molecule has 2 unspecified atom stereocenters. The second kappa shape index (κ2) is 9.19. The Bertz CT molecular complexity index is 382. The van der Waals surface area contributed by atoms with Crippen LogP contribution in [0.15, 0.2) is 0 Å². The quantitative estimate of drug-likeness (QED) is 0.489. The van der Waals surface area contributed by atoms with Gasteiger partial charge in [-0.2, -0.15) is 0 Å². The van der Waals surface area contributed by atoms with Crippen molar-refractivity contribution in [3.8, 4) is 0 Å². The summed E-state index contributed by atoms with van der Waals surface area (Å²) in [7, 11) is 1.52. The number of primary amides is 1. The van der Waals surface area contributed by atoms with Gasteiger partial charge in [0, 0.05) is 12.8 Å². The summed E-state index contributed by atoms with van der Waals surface area (Å²) in [5.41, 5.74) is 5.04. The molecule has 0 aromatic carbocycles. The maximum absolute atomic E-state index is 11.9. The highest BCUT2D eigenvalue weighted by Crippen LogP contribution is 2.03. The van der Waals surface area contributed by atoms with Crippen LogP contribution in [0.1, 0.15) is 39.5 Å². The van der Waals surface area contributed by atoms with Crippen molar-refractivity contribution in [2.24, 2.45) is 5.73 Å². The van der Waals surface area contributed by atoms with Gasteiger partial charge in [-0.15, -0.1) is 0 Å². The van der Waals surface area contributed by atoms with Gasteiger partial charge in [-0.05, 0) is 20.4 Å². The summed E-state index contributed by atoms with van der Waals surface area (Å²) >= 11 is 0. The van der Waals surface area contributed by atoms with Gasteiger partial charge in [-0.3, -0.25) is 19.2 Å². The molecule has 0 spiro atoms. The van der Waals surface area contributed by atoms with Gasteiger partial charge in [0.1, 0.15) is 5.78 Å². The summed E-state index contributed by atoms with van der Waals surface area (Å²) < 4.78 is 0. The van der Waals surface area contributed by atoms with E-state index >= 15 is 0 Å². The molecule has 0 aromatic rings. The molecule has 2 amide bonds. The maximum Gasteiger partial charge on any atom is 0.238 e. The number of hydrogen-bond acceptors (Lipinski definition) is 5. The van der Waals surface area contributed by atoms with E-state index in [1.165, 1.54) is 14.0 Å². The van der Waals surface area contributed by atoms with E-state index < -0.39 is 23.9 Å². The number of nitrogens with two attached hydrogens (primary N) is 1. The van der Waals surface area contributed by atoms with Crippen LogP contribution in [0.5, 0.6) is 0 Å². The summed E-state index contributed by atoms with van der Waals surface area (Å²) in [6.45, 7) is 3.09. The summed E-state index contributed by atoms with van der Waals surface area (Å²) in [6.07, 6.45) is 0.752. The van der Waals surface area contributed by atoms with Gasteiger partial charge in [0.25, 0.3) is 0 Å². The van der Waals surface area contributed by atoms with E-state index in [2.05, 4.69) is 10.6 Å². The minimum Gasteiger partial charge on any atom is -0.370 e. The van der Waals surface area contributed by atoms with Crippen molar-refractivity contribution in [3.63, 3.8) is 0 Å². The van der Waals surface area contributed by atoms with E-state index in [0.717, 1.165) is 0 Å². The Balaban J connectivity index is 4.56. The van der Waals surface area contributed by atoms with Crippen LogP contribution in [0.4, 0.5) is 0 Å². The zero-order valence-corrected chi connectivity index (χ0v) is 12.2. The van der Waals surface area contributed by atoms with E-state index in [0.29, 0.717) is 6.42 Å². The number of hydrogen-bond donors (Lipinski definition) is 3. The fraction of sp³-hybridized carbons (Fsp3) is 0.692. The number of carbonyl (C=O) groups is 4. The number of carbonyl (C=O) groups excluding carboxylic acids is 4. The molecular weight excluding hydrogens is 262 g/mol. The number of ketones is 2. The minimum atomic E-state index is -0.781. The lowest BCUT2D eigenvalue weighted by atomic mass is 10.0. The predicted molar refractivity (Wildman–Crippen MR) is 73.8 cm³/mol. The van der Waals surface area contributed by atoms with Crippen LogP contribution in [-0.4, -0.2) is 42.5 Å². The monoisotopic (exact) mass is 285 g/mol. The predicted octanol–water partition coefficient (Wildman–Crippen LogP) is -0.717. The SMILES string of the molecule is CCC(=O)CCC(NC(=O)C(CC(N)=O)NC)C(C)=O. The van der Waals surface area contributed by atoms with Gasteiger partial charge in [-0.1, -0.05) is 6.92 Å². The Morgan fingerprint density at radius 3 is 2.15 bits per heavy atom. The summed E-state index contributed by atoms with van der Waals surface area (Å²) in [4.78, 5) is 45.5. The highest BCUT2D eigenvalue weighted by molar-refractivity contribution is 5.92. The molecule has 0 bridgehead atoms. The number of likely N-dealkylation sites (N-methyl/N-ethyl adjacent to an activating group) is 1. The van der Waals surface area contributed by atoms with E-state index in [1.54, 1.807) is 6.92 Å². The molecule has 0 saturated carbocycles. The Hall–Kier alpha value is -1.76. The first-order valence-electron chi connectivity index (χ1n) is 6.59. The second-order valence-electron chi connectivity index (χ2n) is 4.61. The molecule has 0 rings (SSSR count). The van der Waals surface area contributed by atoms with Crippen molar-refractivity contribution in [2.45, 2.75) is 51.6 Å². The summed E-state index contributed by atoms with van der Waals surface area (Å²) in [6, 6.07) is -1.50. The van der Waals surface area contributed by atoms with Crippen LogP contribution in [-0.2, 0) is 19.2 Å². The number of amides is 2. The molecule has 0 aliphatic heterocycles. The van der Waals surface area contributed by atoms with Gasteiger partial charge in [-0.25, -0.2) is 0 Å². The molecule has 0 heterocycles. The third-order valence-corrected chi connectivity index (χ3v) is 2.98. The van der Waals surface area contributed by atoms with Crippen LogP contribution >= 0.6 is 0 Å². The zero-order valence-electron chi connectivity index (χ0n) is 12.2. The van der Waals surface area contributed by atoms with E-state index in [1.807, 2.05) is 0 Å². The summed E-state index contributed by atoms with van der Waals surface area (Å²) in [5, 5.41) is 5.20. The molecule has 0 radical (unpaired) electrons. The molecule has 0 aliphatic rings. The molecule has 0 saturated heterocycles. The molecule has 4 N–H and O–H groups in total. The van der Waals surface area contributed by atoms with Crippen molar-refractivity contribution in [2.75, 3.05) is 7.05 Å². The minimum absolute atomic E-state index is 0.0350. The van der Waals surface area contributed by atoms with Crippen LogP contribution in [0.2, 0.25) is 0 Å². The van der Waals surface area contributed by atoms with Gasteiger partial charge in [0.05, 0.1) is 18.5 Å². The highest BCUT2D eigenvalue weighted by atomic mass is 16.2. The lowest BCUT2D eigenvalue weighted by Crippen LogP contribution is -2.50. The lowest BCUT2D eigenvalue weighted by Gasteiger charge is -2.20. The molecule has 7 nitrogen and oxygen atoms in total. The van der Waals surface area contributed by atoms with Crippen molar-refractivity contribution >= 4 is 23.4 Å². The molecule has 2 atom stereocenters. The number of nitrogens with one attached hydrogen (secondary N) is 2. The molecule has 0 aliphatic carbocycles.